The van der Waals surface area contributed by atoms with E-state index < -0.39 is 29.6 Å². The summed E-state index contributed by atoms with van der Waals surface area (Å²) in [5, 5.41) is 5.28. The molecule has 2 N–H and O–H groups in total. The fourth-order valence-corrected chi connectivity index (χ4v) is 4.03. The molecule has 2 radical (unpaired) electrons. The summed E-state index contributed by atoms with van der Waals surface area (Å²) in [6.07, 6.45) is 0.929. The Morgan fingerprint density at radius 2 is 1.97 bits per heavy atom. The van der Waals surface area contributed by atoms with Crippen LogP contribution in [0.5, 0.6) is 0 Å². The molecule has 1 aliphatic heterocycles. The van der Waals surface area contributed by atoms with Gasteiger partial charge >= 0.3 is 6.09 Å². The zero-order valence-corrected chi connectivity index (χ0v) is 21.4. The number of halogens is 2. The van der Waals surface area contributed by atoms with Crippen molar-refractivity contribution in [3.8, 4) is 0 Å². The van der Waals surface area contributed by atoms with Gasteiger partial charge in [0.2, 0.25) is 5.92 Å². The monoisotopic (exact) mass is 512 g/mol. The normalized spacial score (nSPS) is 16.3. The molecule has 2 heterocycles. The van der Waals surface area contributed by atoms with Crippen molar-refractivity contribution in [2.75, 3.05) is 23.3 Å². The van der Waals surface area contributed by atoms with E-state index in [-0.39, 0.29) is 37.2 Å². The molecule has 0 aliphatic carbocycles. The largest absolute Gasteiger partial charge is 0.444 e. The van der Waals surface area contributed by atoms with Gasteiger partial charge in [0.1, 0.15) is 31.6 Å². The van der Waals surface area contributed by atoms with E-state index in [4.69, 9.17) is 12.6 Å². The number of benzene rings is 1. The van der Waals surface area contributed by atoms with E-state index in [1.807, 2.05) is 0 Å². The van der Waals surface area contributed by atoms with Gasteiger partial charge in [0.05, 0.1) is 5.56 Å². The maximum absolute atomic E-state index is 13.9. The Balaban J connectivity index is 1.84. The average Bonchev–Trinajstić information content (AvgIpc) is 2.98. The summed E-state index contributed by atoms with van der Waals surface area (Å²) in [4.78, 5) is 43.3. The number of anilines is 2. The van der Waals surface area contributed by atoms with Gasteiger partial charge in [0.25, 0.3) is 5.91 Å². The molecule has 0 bridgehead atoms. The van der Waals surface area contributed by atoms with E-state index in [0.717, 1.165) is 0 Å². The number of hydrogen-bond donors (Lipinski definition) is 2. The first kappa shape index (κ1) is 28.1. The second kappa shape index (κ2) is 11.3. The van der Waals surface area contributed by atoms with Crippen molar-refractivity contribution in [2.45, 2.75) is 64.5 Å². The molecule has 1 fully saturated rings. The number of aldehydes is 1. The third kappa shape index (κ3) is 7.50. The van der Waals surface area contributed by atoms with Gasteiger partial charge in [-0.25, -0.2) is 18.6 Å². The minimum absolute atomic E-state index is 0.0521. The second-order valence-electron chi connectivity index (χ2n) is 10.1. The summed E-state index contributed by atoms with van der Waals surface area (Å²) in [7, 11) is 6.02. The van der Waals surface area contributed by atoms with Crippen LogP contribution in [0.25, 0.3) is 0 Å². The van der Waals surface area contributed by atoms with Gasteiger partial charge < -0.3 is 25.1 Å². The molecule has 196 valence electrons. The van der Waals surface area contributed by atoms with E-state index >= 15 is 0 Å². The summed E-state index contributed by atoms with van der Waals surface area (Å²) in [5.41, 5.74) is 1.01. The highest BCUT2D eigenvalue weighted by atomic mass is 19.3. The molecule has 2 aromatic rings. The summed E-state index contributed by atoms with van der Waals surface area (Å²) in [6.45, 7) is 7.17. The lowest BCUT2D eigenvalue weighted by Gasteiger charge is -2.25. The number of carbonyl (C=O) groups excluding carboxylic acids is 3. The van der Waals surface area contributed by atoms with E-state index in [2.05, 4.69) is 15.6 Å². The highest BCUT2D eigenvalue weighted by molar-refractivity contribution is 6.34. The zero-order chi connectivity index (χ0) is 27.4. The smallest absolute Gasteiger partial charge is 0.408 e. The van der Waals surface area contributed by atoms with E-state index in [9.17, 15) is 23.2 Å². The number of alkyl carbamates (subject to hydrolysis) is 1. The van der Waals surface area contributed by atoms with Gasteiger partial charge in [-0.05, 0) is 57.4 Å². The summed E-state index contributed by atoms with van der Waals surface area (Å²) >= 11 is 0. The van der Waals surface area contributed by atoms with Crippen LogP contribution in [-0.4, -0.2) is 55.7 Å². The lowest BCUT2D eigenvalue weighted by atomic mass is 9.90. The Labute approximate surface area is 216 Å². The maximum atomic E-state index is 13.9. The predicted molar refractivity (Wildman–Crippen MR) is 138 cm³/mol. The fraction of sp³-hybridized carbons (Fsp3) is 0.462. The number of aromatic nitrogens is 1. The van der Waals surface area contributed by atoms with Crippen LogP contribution in [0.4, 0.5) is 25.1 Å². The van der Waals surface area contributed by atoms with Crippen LogP contribution in [0.3, 0.4) is 0 Å². The van der Waals surface area contributed by atoms with Gasteiger partial charge in [0, 0.05) is 37.8 Å². The Bertz CT molecular complexity index is 1170. The molecule has 0 spiro atoms. The summed E-state index contributed by atoms with van der Waals surface area (Å²) < 4.78 is 33.1. The van der Waals surface area contributed by atoms with Crippen molar-refractivity contribution >= 4 is 43.1 Å². The number of alkyl halides is 2. The summed E-state index contributed by atoms with van der Waals surface area (Å²) in [5.74, 6) is -3.00. The van der Waals surface area contributed by atoms with Crippen molar-refractivity contribution in [1.82, 2.24) is 10.3 Å². The SMILES string of the molecule is [B]c1cnc(N2CCCC(F)(F)CC2)c(C(=O)Nc2cccc([C@H](C=O)NC(=O)OC(C)(C)C)c2)c1C. The van der Waals surface area contributed by atoms with Gasteiger partial charge in [-0.15, -0.1) is 0 Å². The maximum Gasteiger partial charge on any atom is 0.408 e. The quantitative estimate of drug-likeness (QED) is 0.451. The van der Waals surface area contributed by atoms with Gasteiger partial charge in [-0.2, -0.15) is 0 Å². The highest BCUT2D eigenvalue weighted by Crippen LogP contribution is 2.31. The fourth-order valence-electron chi connectivity index (χ4n) is 4.03. The van der Waals surface area contributed by atoms with E-state index in [1.165, 1.54) is 6.20 Å². The first-order valence-electron chi connectivity index (χ1n) is 12.0. The topological polar surface area (TPSA) is 101 Å². The van der Waals surface area contributed by atoms with Crippen molar-refractivity contribution in [2.24, 2.45) is 0 Å². The number of ether oxygens (including phenoxy) is 1. The third-order valence-electron chi connectivity index (χ3n) is 5.91. The highest BCUT2D eigenvalue weighted by Gasteiger charge is 2.33. The molecular weight excluding hydrogens is 481 g/mol. The third-order valence-corrected chi connectivity index (χ3v) is 5.91. The second-order valence-corrected chi connectivity index (χ2v) is 10.1. The molecule has 3 rings (SSSR count). The number of rotatable bonds is 6. The molecular formula is C26H31BF2N4O4. The predicted octanol–water partition coefficient (Wildman–Crippen LogP) is 3.83. The van der Waals surface area contributed by atoms with Crippen LogP contribution < -0.4 is 21.0 Å². The first-order chi connectivity index (χ1) is 17.3. The number of nitrogens with one attached hydrogen (secondary N) is 2. The Hall–Kier alpha value is -3.50. The van der Waals surface area contributed by atoms with E-state index in [1.54, 1.807) is 56.9 Å². The minimum Gasteiger partial charge on any atom is -0.444 e. The molecule has 0 unspecified atom stereocenters. The van der Waals surface area contributed by atoms with Gasteiger partial charge in [0.15, 0.2) is 0 Å². The molecule has 11 heteroatoms. The van der Waals surface area contributed by atoms with E-state index in [0.29, 0.717) is 35.1 Å². The Kier molecular flexibility index (Phi) is 8.55. The van der Waals surface area contributed by atoms with Crippen molar-refractivity contribution in [3.63, 3.8) is 0 Å². The molecule has 1 saturated heterocycles. The van der Waals surface area contributed by atoms with Crippen LogP contribution in [0.2, 0.25) is 0 Å². The van der Waals surface area contributed by atoms with Crippen LogP contribution in [0, 0.1) is 6.92 Å². The minimum atomic E-state index is -2.76. The van der Waals surface area contributed by atoms with Crippen molar-refractivity contribution in [1.29, 1.82) is 0 Å². The molecule has 1 aromatic heterocycles. The Morgan fingerprint density at radius 3 is 2.65 bits per heavy atom. The summed E-state index contributed by atoms with van der Waals surface area (Å²) in [6, 6.07) is 5.42. The standard InChI is InChI=1S/C26H31BF2N4O4/c1-16-19(27)14-30-22(33-11-6-9-26(28,29)10-12-33)21(16)23(35)31-18-8-5-7-17(13-18)20(15-34)32-24(36)37-25(2,3)4/h5,7-8,13-15,20H,6,9-12H2,1-4H3,(H,31,35)(H,32,36)/t20-/m0/s1. The van der Waals surface area contributed by atoms with Crippen molar-refractivity contribution in [3.05, 3.63) is 47.2 Å². The molecule has 8 nitrogen and oxygen atoms in total. The van der Waals surface area contributed by atoms with Gasteiger partial charge in [-0.1, -0.05) is 17.6 Å². The molecule has 1 aliphatic rings. The lowest BCUT2D eigenvalue weighted by Crippen LogP contribution is -2.35. The van der Waals surface area contributed by atoms with Crippen molar-refractivity contribution < 1.29 is 27.9 Å². The molecule has 1 aromatic carbocycles. The number of nitrogens with zero attached hydrogens (tertiary/aromatic N) is 2. The number of pyridine rings is 1. The van der Waals surface area contributed by atoms with Gasteiger partial charge in [-0.3, -0.25) is 4.79 Å². The van der Waals surface area contributed by atoms with Crippen LogP contribution in [0.1, 0.15) is 67.6 Å². The van der Waals surface area contributed by atoms with Crippen LogP contribution >= 0.6 is 0 Å². The number of amides is 2. The molecule has 1 atom stereocenters. The first-order valence-corrected chi connectivity index (χ1v) is 12.0. The average molecular weight is 512 g/mol. The van der Waals surface area contributed by atoms with Crippen LogP contribution in [0.15, 0.2) is 30.5 Å². The molecule has 0 saturated carbocycles. The zero-order valence-electron chi connectivity index (χ0n) is 21.4. The molecule has 2 amide bonds. The Morgan fingerprint density at radius 1 is 1.24 bits per heavy atom. The number of carbonyl (C=O) groups is 3. The number of hydrogen-bond acceptors (Lipinski definition) is 6. The molecule has 37 heavy (non-hydrogen) atoms. The lowest BCUT2D eigenvalue weighted by molar-refractivity contribution is -0.109. The van der Waals surface area contributed by atoms with Crippen LogP contribution in [-0.2, 0) is 9.53 Å².